The average molecular weight is 262 g/mol. The van der Waals surface area contributed by atoms with Gasteiger partial charge >= 0.3 is 0 Å². The summed E-state index contributed by atoms with van der Waals surface area (Å²) in [5.41, 5.74) is 1.16. The molecule has 1 aliphatic carbocycles. The molecule has 0 saturated heterocycles. The normalized spacial score (nSPS) is 14.2. The Morgan fingerprint density at radius 3 is 2.58 bits per heavy atom. The zero-order chi connectivity index (χ0) is 13.7. The molecule has 104 valence electrons. The van der Waals surface area contributed by atoms with Crippen LogP contribution >= 0.6 is 0 Å². The van der Waals surface area contributed by atoms with E-state index in [2.05, 4.69) is 5.32 Å². The maximum atomic E-state index is 12.2. The van der Waals surface area contributed by atoms with Crippen molar-refractivity contribution in [2.75, 3.05) is 20.7 Å². The lowest BCUT2D eigenvalue weighted by molar-refractivity contribution is -0.132. The van der Waals surface area contributed by atoms with Crippen LogP contribution in [0.1, 0.15) is 24.8 Å². The van der Waals surface area contributed by atoms with Crippen molar-refractivity contribution < 1.29 is 9.53 Å². The summed E-state index contributed by atoms with van der Waals surface area (Å²) in [7, 11) is 3.53. The van der Waals surface area contributed by atoms with E-state index < -0.39 is 0 Å². The Labute approximate surface area is 114 Å². The summed E-state index contributed by atoms with van der Waals surface area (Å²) in [4.78, 5) is 14.2. The number of rotatable bonds is 7. The molecule has 0 aromatic heterocycles. The molecule has 0 aliphatic heterocycles. The SMILES string of the molecule is CNCCC(=O)N(Cc1ccc(OC)cc1)C1CC1. The highest BCUT2D eigenvalue weighted by Gasteiger charge is 2.31. The zero-order valence-electron chi connectivity index (χ0n) is 11.7. The van der Waals surface area contributed by atoms with Gasteiger partial charge in [-0.25, -0.2) is 0 Å². The van der Waals surface area contributed by atoms with Crippen LogP contribution < -0.4 is 10.1 Å². The number of carbonyl (C=O) groups is 1. The van der Waals surface area contributed by atoms with Crippen LogP contribution in [0.15, 0.2) is 24.3 Å². The first-order valence-electron chi connectivity index (χ1n) is 6.81. The summed E-state index contributed by atoms with van der Waals surface area (Å²) in [6, 6.07) is 8.39. The lowest BCUT2D eigenvalue weighted by Gasteiger charge is -2.22. The van der Waals surface area contributed by atoms with Gasteiger partial charge in [-0.15, -0.1) is 0 Å². The average Bonchev–Trinajstić information content (AvgIpc) is 3.27. The fraction of sp³-hybridized carbons (Fsp3) is 0.533. The number of hydrogen-bond donors (Lipinski definition) is 1. The van der Waals surface area contributed by atoms with Gasteiger partial charge in [-0.1, -0.05) is 12.1 Å². The summed E-state index contributed by atoms with van der Waals surface area (Å²) in [6.07, 6.45) is 2.85. The molecule has 1 fully saturated rings. The minimum absolute atomic E-state index is 0.243. The van der Waals surface area contributed by atoms with Crippen molar-refractivity contribution >= 4 is 5.91 Å². The molecule has 4 nitrogen and oxygen atoms in total. The molecule has 1 aliphatic rings. The number of nitrogens with one attached hydrogen (secondary N) is 1. The van der Waals surface area contributed by atoms with Crippen LogP contribution in [0.5, 0.6) is 5.75 Å². The molecule has 0 bridgehead atoms. The molecule has 1 amide bonds. The van der Waals surface area contributed by atoms with Gasteiger partial charge in [-0.2, -0.15) is 0 Å². The molecule has 0 radical (unpaired) electrons. The number of nitrogens with zero attached hydrogens (tertiary/aromatic N) is 1. The molecular formula is C15H22N2O2. The molecule has 0 heterocycles. The number of hydrogen-bond acceptors (Lipinski definition) is 3. The van der Waals surface area contributed by atoms with Crippen LogP contribution in [-0.4, -0.2) is 37.6 Å². The third-order valence-corrected chi connectivity index (χ3v) is 3.41. The van der Waals surface area contributed by atoms with Gasteiger partial charge in [0.25, 0.3) is 0 Å². The third-order valence-electron chi connectivity index (χ3n) is 3.41. The van der Waals surface area contributed by atoms with Gasteiger partial charge in [0.2, 0.25) is 5.91 Å². The second-order valence-electron chi connectivity index (χ2n) is 4.95. The lowest BCUT2D eigenvalue weighted by Crippen LogP contribution is -2.34. The second kappa shape index (κ2) is 6.57. The van der Waals surface area contributed by atoms with Gasteiger partial charge in [-0.3, -0.25) is 4.79 Å². The first kappa shape index (κ1) is 13.9. The highest BCUT2D eigenvalue weighted by molar-refractivity contribution is 5.77. The molecule has 1 aromatic rings. The lowest BCUT2D eigenvalue weighted by atomic mass is 10.2. The summed E-state index contributed by atoms with van der Waals surface area (Å²) in [5.74, 6) is 1.09. The molecule has 1 aromatic carbocycles. The van der Waals surface area contributed by atoms with E-state index in [-0.39, 0.29) is 5.91 Å². The molecule has 1 N–H and O–H groups in total. The van der Waals surface area contributed by atoms with Crippen LogP contribution in [0.25, 0.3) is 0 Å². The molecule has 19 heavy (non-hydrogen) atoms. The van der Waals surface area contributed by atoms with Crippen LogP contribution in [0.3, 0.4) is 0 Å². The van der Waals surface area contributed by atoms with E-state index in [0.717, 1.165) is 30.7 Å². The van der Waals surface area contributed by atoms with Crippen LogP contribution in [0.4, 0.5) is 0 Å². The fourth-order valence-corrected chi connectivity index (χ4v) is 2.11. The molecular weight excluding hydrogens is 240 g/mol. The Hall–Kier alpha value is -1.55. The predicted molar refractivity (Wildman–Crippen MR) is 75.1 cm³/mol. The quantitative estimate of drug-likeness (QED) is 0.814. The monoisotopic (exact) mass is 262 g/mol. The van der Waals surface area contributed by atoms with Crippen molar-refractivity contribution in [3.8, 4) is 5.75 Å². The van der Waals surface area contributed by atoms with E-state index in [4.69, 9.17) is 4.74 Å². The Kier molecular flexibility index (Phi) is 4.80. The van der Waals surface area contributed by atoms with E-state index >= 15 is 0 Å². The fourth-order valence-electron chi connectivity index (χ4n) is 2.11. The van der Waals surface area contributed by atoms with Crippen molar-refractivity contribution in [3.05, 3.63) is 29.8 Å². The predicted octanol–water partition coefficient (Wildman–Crippen LogP) is 1.80. The van der Waals surface area contributed by atoms with Gasteiger partial charge in [0, 0.05) is 25.6 Å². The van der Waals surface area contributed by atoms with Crippen molar-refractivity contribution in [3.63, 3.8) is 0 Å². The van der Waals surface area contributed by atoms with Crippen LogP contribution in [0.2, 0.25) is 0 Å². The molecule has 0 unspecified atom stereocenters. The smallest absolute Gasteiger partial charge is 0.224 e. The Morgan fingerprint density at radius 1 is 1.37 bits per heavy atom. The topological polar surface area (TPSA) is 41.6 Å². The molecule has 0 atom stereocenters. The molecule has 0 spiro atoms. The molecule has 4 heteroatoms. The van der Waals surface area contributed by atoms with Crippen molar-refractivity contribution in [1.29, 1.82) is 0 Å². The van der Waals surface area contributed by atoms with E-state index in [9.17, 15) is 4.79 Å². The Bertz CT molecular complexity index is 413. The summed E-state index contributed by atoms with van der Waals surface area (Å²) < 4.78 is 5.15. The third kappa shape index (κ3) is 3.96. The minimum atomic E-state index is 0.243. The van der Waals surface area contributed by atoms with Gasteiger partial charge < -0.3 is 15.0 Å². The van der Waals surface area contributed by atoms with E-state index in [1.165, 1.54) is 0 Å². The Morgan fingerprint density at radius 2 is 2.05 bits per heavy atom. The summed E-state index contributed by atoms with van der Waals surface area (Å²) in [6.45, 7) is 1.45. The summed E-state index contributed by atoms with van der Waals surface area (Å²) in [5, 5.41) is 3.03. The van der Waals surface area contributed by atoms with Crippen molar-refractivity contribution in [2.45, 2.75) is 31.8 Å². The first-order chi connectivity index (χ1) is 9.24. The zero-order valence-corrected chi connectivity index (χ0v) is 11.7. The largest absolute Gasteiger partial charge is 0.497 e. The van der Waals surface area contributed by atoms with Crippen LogP contribution in [-0.2, 0) is 11.3 Å². The number of amides is 1. The highest BCUT2D eigenvalue weighted by atomic mass is 16.5. The second-order valence-corrected chi connectivity index (χ2v) is 4.95. The highest BCUT2D eigenvalue weighted by Crippen LogP contribution is 2.29. The van der Waals surface area contributed by atoms with Gasteiger partial charge in [-0.05, 0) is 37.6 Å². The maximum absolute atomic E-state index is 12.2. The maximum Gasteiger partial charge on any atom is 0.224 e. The number of ether oxygens (including phenoxy) is 1. The molecule has 1 saturated carbocycles. The number of carbonyl (C=O) groups excluding carboxylic acids is 1. The first-order valence-corrected chi connectivity index (χ1v) is 6.81. The van der Waals surface area contributed by atoms with Gasteiger partial charge in [0.15, 0.2) is 0 Å². The minimum Gasteiger partial charge on any atom is -0.497 e. The van der Waals surface area contributed by atoms with Crippen molar-refractivity contribution in [2.24, 2.45) is 0 Å². The van der Waals surface area contributed by atoms with Gasteiger partial charge in [0.05, 0.1) is 7.11 Å². The van der Waals surface area contributed by atoms with E-state index in [1.807, 2.05) is 36.2 Å². The number of methoxy groups -OCH3 is 1. The Balaban J connectivity index is 1.97. The van der Waals surface area contributed by atoms with E-state index in [1.54, 1.807) is 7.11 Å². The van der Waals surface area contributed by atoms with Crippen molar-refractivity contribution in [1.82, 2.24) is 10.2 Å². The van der Waals surface area contributed by atoms with Crippen LogP contribution in [0, 0.1) is 0 Å². The molecule has 2 rings (SSSR count). The van der Waals surface area contributed by atoms with Gasteiger partial charge in [0.1, 0.15) is 5.75 Å². The van der Waals surface area contributed by atoms with E-state index in [0.29, 0.717) is 19.0 Å². The summed E-state index contributed by atoms with van der Waals surface area (Å²) >= 11 is 0. The standard InChI is InChI=1S/C15H22N2O2/c1-16-10-9-15(18)17(13-5-6-13)11-12-3-7-14(19-2)8-4-12/h3-4,7-8,13,16H,5-6,9-11H2,1-2H3. The number of benzene rings is 1.